The Hall–Kier alpha value is -4.79. The summed E-state index contributed by atoms with van der Waals surface area (Å²) in [6, 6.07) is 11.8. The minimum absolute atomic E-state index is 0.292. The van der Waals surface area contributed by atoms with Crippen LogP contribution in [0.3, 0.4) is 0 Å². The summed E-state index contributed by atoms with van der Waals surface area (Å²) in [5.74, 6) is 1.90. The van der Waals surface area contributed by atoms with E-state index in [2.05, 4.69) is 54.1 Å². The van der Waals surface area contributed by atoms with Crippen LogP contribution in [0.4, 0.5) is 23.0 Å². The molecule has 2 aromatic carbocycles. The summed E-state index contributed by atoms with van der Waals surface area (Å²) in [6.45, 7) is 9.84. The fourth-order valence-electron chi connectivity index (χ4n) is 6.11. The number of amides is 1. The normalized spacial score (nSPS) is 16.0. The fourth-order valence-corrected chi connectivity index (χ4v) is 6.92. The first-order valence-corrected chi connectivity index (χ1v) is 16.7. The summed E-state index contributed by atoms with van der Waals surface area (Å²) in [6.07, 6.45) is 5.04. The molecule has 13 nitrogen and oxygen atoms in total. The standard InChI is InChI=1S/C34H41N9O4S/c1-6-31(44)36-25-20-26(29(46-4)21-27(25)43-13-10-23(11-14-43)42-17-15-41(2)16-18-42)38-34-35-12-9-24(37-34)33-40-39-32(48-33)22-7-8-28(45-3)30(19-22)47-5/h6-9,12,19-21,23H,1,10-11,13-18H2,2-5H3,(H,36,44)(H,35,37,38). The summed E-state index contributed by atoms with van der Waals surface area (Å²) >= 11 is 1.40. The van der Waals surface area contributed by atoms with Gasteiger partial charge in [0.15, 0.2) is 16.5 Å². The number of anilines is 4. The van der Waals surface area contributed by atoms with Crippen LogP contribution >= 0.6 is 11.3 Å². The zero-order valence-corrected chi connectivity index (χ0v) is 28.5. The molecule has 0 spiro atoms. The van der Waals surface area contributed by atoms with Crippen molar-refractivity contribution in [1.82, 2.24) is 30.0 Å². The fraction of sp³-hybridized carbons (Fsp3) is 0.382. The van der Waals surface area contributed by atoms with E-state index < -0.39 is 0 Å². The first kappa shape index (κ1) is 33.1. The lowest BCUT2D eigenvalue weighted by atomic mass is 10.0. The number of rotatable bonds is 11. The molecule has 0 radical (unpaired) electrons. The van der Waals surface area contributed by atoms with Gasteiger partial charge in [0.25, 0.3) is 0 Å². The maximum atomic E-state index is 12.5. The Kier molecular flexibility index (Phi) is 10.3. The third-order valence-corrected chi connectivity index (χ3v) is 9.79. The van der Waals surface area contributed by atoms with Crippen LogP contribution in [0.15, 0.2) is 55.3 Å². The minimum atomic E-state index is -0.292. The highest BCUT2D eigenvalue weighted by molar-refractivity contribution is 7.17. The lowest BCUT2D eigenvalue weighted by Crippen LogP contribution is -2.52. The Balaban J connectivity index is 1.22. The van der Waals surface area contributed by atoms with Crippen LogP contribution in [-0.4, -0.2) is 110 Å². The minimum Gasteiger partial charge on any atom is -0.494 e. The first-order valence-electron chi connectivity index (χ1n) is 15.9. The molecule has 252 valence electrons. The number of benzene rings is 2. The molecular formula is C34H41N9O4S. The van der Waals surface area contributed by atoms with Gasteiger partial charge in [0, 0.05) is 63.1 Å². The van der Waals surface area contributed by atoms with Crippen molar-refractivity contribution in [3.8, 4) is 38.5 Å². The third kappa shape index (κ3) is 7.35. The molecule has 0 saturated carbocycles. The van der Waals surface area contributed by atoms with Crippen molar-refractivity contribution in [2.24, 2.45) is 0 Å². The Labute approximate surface area is 284 Å². The summed E-state index contributed by atoms with van der Waals surface area (Å²) in [4.78, 5) is 29.0. The number of likely N-dealkylation sites (N-methyl/N-ethyl adjacent to an activating group) is 1. The van der Waals surface area contributed by atoms with Gasteiger partial charge >= 0.3 is 0 Å². The molecule has 0 unspecified atom stereocenters. The number of nitrogens with one attached hydrogen (secondary N) is 2. The Bertz CT molecular complexity index is 1750. The molecule has 2 aliphatic rings. The number of piperazine rings is 1. The monoisotopic (exact) mass is 671 g/mol. The highest BCUT2D eigenvalue weighted by Crippen LogP contribution is 2.40. The Morgan fingerprint density at radius 1 is 0.896 bits per heavy atom. The molecule has 2 fully saturated rings. The second-order valence-electron chi connectivity index (χ2n) is 11.7. The van der Waals surface area contributed by atoms with E-state index in [1.54, 1.807) is 33.6 Å². The average molecular weight is 672 g/mol. The number of hydrogen-bond donors (Lipinski definition) is 2. The van der Waals surface area contributed by atoms with E-state index in [9.17, 15) is 4.79 Å². The van der Waals surface area contributed by atoms with Crippen molar-refractivity contribution < 1.29 is 19.0 Å². The van der Waals surface area contributed by atoms with Gasteiger partial charge in [-0.25, -0.2) is 9.97 Å². The molecule has 0 bridgehead atoms. The van der Waals surface area contributed by atoms with Crippen LogP contribution < -0.4 is 29.7 Å². The highest BCUT2D eigenvalue weighted by Gasteiger charge is 2.28. The van der Waals surface area contributed by atoms with Crippen LogP contribution in [0.2, 0.25) is 0 Å². The highest BCUT2D eigenvalue weighted by atomic mass is 32.1. The Morgan fingerprint density at radius 3 is 2.33 bits per heavy atom. The maximum absolute atomic E-state index is 12.5. The number of ether oxygens (including phenoxy) is 3. The van der Waals surface area contributed by atoms with Gasteiger partial charge < -0.3 is 34.6 Å². The molecule has 6 rings (SSSR count). The van der Waals surface area contributed by atoms with E-state index in [0.717, 1.165) is 63.4 Å². The molecule has 4 heterocycles. The van der Waals surface area contributed by atoms with Crippen molar-refractivity contribution in [3.63, 3.8) is 0 Å². The summed E-state index contributed by atoms with van der Waals surface area (Å²) in [7, 11) is 7.01. The second-order valence-corrected chi connectivity index (χ2v) is 12.7. The van der Waals surface area contributed by atoms with E-state index in [0.29, 0.717) is 56.3 Å². The van der Waals surface area contributed by atoms with Gasteiger partial charge in [-0.2, -0.15) is 0 Å². The molecule has 2 saturated heterocycles. The lowest BCUT2D eigenvalue weighted by Gasteiger charge is -2.43. The molecule has 2 aromatic heterocycles. The average Bonchev–Trinajstić information content (AvgIpc) is 3.63. The molecule has 4 aromatic rings. The quantitative estimate of drug-likeness (QED) is 0.213. The van der Waals surface area contributed by atoms with Crippen molar-refractivity contribution in [1.29, 1.82) is 0 Å². The summed E-state index contributed by atoms with van der Waals surface area (Å²) in [5.41, 5.74) is 3.62. The van der Waals surface area contributed by atoms with Crippen LogP contribution in [-0.2, 0) is 4.79 Å². The van der Waals surface area contributed by atoms with Crippen molar-refractivity contribution >= 4 is 40.3 Å². The number of aromatic nitrogens is 4. The van der Waals surface area contributed by atoms with E-state index >= 15 is 0 Å². The van der Waals surface area contributed by atoms with Crippen molar-refractivity contribution in [3.05, 3.63) is 55.3 Å². The molecule has 0 aliphatic carbocycles. The van der Waals surface area contributed by atoms with Crippen LogP contribution in [0, 0.1) is 0 Å². The third-order valence-electron chi connectivity index (χ3n) is 8.80. The van der Waals surface area contributed by atoms with Gasteiger partial charge in [-0.3, -0.25) is 9.69 Å². The van der Waals surface area contributed by atoms with Crippen molar-refractivity contribution in [2.75, 3.05) is 83.2 Å². The SMILES string of the molecule is C=CC(=O)Nc1cc(Nc2nccc(-c3nnc(-c4ccc(OC)c(OC)c4)s3)n2)c(OC)cc1N1CCC(N2CCN(C)CC2)CC1. The zero-order valence-electron chi connectivity index (χ0n) is 27.7. The van der Waals surface area contributed by atoms with Gasteiger partial charge in [-0.05, 0) is 56.3 Å². The van der Waals surface area contributed by atoms with Crippen LogP contribution in [0.1, 0.15) is 12.8 Å². The molecule has 48 heavy (non-hydrogen) atoms. The molecule has 0 atom stereocenters. The van der Waals surface area contributed by atoms with E-state index in [1.807, 2.05) is 30.3 Å². The first-order chi connectivity index (χ1) is 23.4. The smallest absolute Gasteiger partial charge is 0.247 e. The number of nitrogens with zero attached hydrogens (tertiary/aromatic N) is 7. The number of carbonyl (C=O) groups is 1. The van der Waals surface area contributed by atoms with Gasteiger partial charge in [0.05, 0.1) is 38.4 Å². The van der Waals surface area contributed by atoms with Gasteiger partial charge in [-0.1, -0.05) is 17.9 Å². The predicted molar refractivity (Wildman–Crippen MR) is 189 cm³/mol. The zero-order chi connectivity index (χ0) is 33.6. The van der Waals surface area contributed by atoms with Crippen molar-refractivity contribution in [2.45, 2.75) is 18.9 Å². The van der Waals surface area contributed by atoms with E-state index in [4.69, 9.17) is 19.2 Å². The maximum Gasteiger partial charge on any atom is 0.247 e. The van der Waals surface area contributed by atoms with E-state index in [-0.39, 0.29) is 5.91 Å². The summed E-state index contributed by atoms with van der Waals surface area (Å²) < 4.78 is 16.6. The van der Waals surface area contributed by atoms with Crippen LogP contribution in [0.25, 0.3) is 21.3 Å². The van der Waals surface area contributed by atoms with Gasteiger partial charge in [0.2, 0.25) is 11.9 Å². The molecule has 2 N–H and O–H groups in total. The molecule has 14 heteroatoms. The van der Waals surface area contributed by atoms with E-state index in [1.165, 1.54) is 17.4 Å². The molecular weight excluding hydrogens is 630 g/mol. The second kappa shape index (κ2) is 15.0. The van der Waals surface area contributed by atoms with Gasteiger partial charge in [0.1, 0.15) is 16.5 Å². The molecule has 1 amide bonds. The molecule has 2 aliphatic heterocycles. The largest absolute Gasteiger partial charge is 0.494 e. The number of methoxy groups -OCH3 is 3. The lowest BCUT2D eigenvalue weighted by molar-refractivity contribution is -0.111. The number of piperidine rings is 1. The summed E-state index contributed by atoms with van der Waals surface area (Å²) in [5, 5.41) is 16.4. The predicted octanol–water partition coefficient (Wildman–Crippen LogP) is 4.77. The number of carbonyl (C=O) groups excluding carboxylic acids is 1. The topological polar surface area (TPSA) is 130 Å². The number of hydrogen-bond acceptors (Lipinski definition) is 13. The van der Waals surface area contributed by atoms with Gasteiger partial charge in [-0.15, -0.1) is 10.2 Å². The van der Waals surface area contributed by atoms with Crippen LogP contribution in [0.5, 0.6) is 17.2 Å². The Morgan fingerprint density at radius 2 is 1.62 bits per heavy atom.